The highest BCUT2D eigenvalue weighted by Crippen LogP contribution is 2.41. The van der Waals surface area contributed by atoms with Crippen LogP contribution >= 0.6 is 0 Å². The molecule has 0 N–H and O–H groups in total. The zero-order chi connectivity index (χ0) is 27.8. The van der Waals surface area contributed by atoms with Crippen molar-refractivity contribution in [1.29, 1.82) is 0 Å². The van der Waals surface area contributed by atoms with Crippen molar-refractivity contribution in [1.82, 2.24) is 0 Å². The summed E-state index contributed by atoms with van der Waals surface area (Å²) in [4.78, 5) is 0. The molecule has 0 aliphatic heterocycles. The molecule has 0 saturated heterocycles. The Morgan fingerprint density at radius 3 is 2.00 bits per heavy atom. The van der Waals surface area contributed by atoms with Crippen molar-refractivity contribution in [2.75, 3.05) is 0 Å². The van der Waals surface area contributed by atoms with Gasteiger partial charge in [-0.25, -0.2) is 8.78 Å². The first-order chi connectivity index (χ1) is 18.7. The average molecular weight is 547 g/mol. The molecule has 214 valence electrons. The molecule has 2 fully saturated rings. The summed E-state index contributed by atoms with van der Waals surface area (Å²) in [6.07, 6.45) is 9.97. The third-order valence-corrected chi connectivity index (χ3v) is 9.17. The van der Waals surface area contributed by atoms with Gasteiger partial charge in [-0.2, -0.15) is 13.2 Å². The Bertz CT molecular complexity index is 1050. The second-order valence-corrected chi connectivity index (χ2v) is 12.0. The molecule has 0 unspecified atom stereocenters. The van der Waals surface area contributed by atoms with E-state index in [2.05, 4.69) is 31.2 Å². The topological polar surface area (TPSA) is 0 Å². The molecule has 2 aromatic rings. The molecule has 5 heteroatoms. The van der Waals surface area contributed by atoms with E-state index in [9.17, 15) is 17.6 Å². The third-order valence-electron chi connectivity index (χ3n) is 9.17. The van der Waals surface area contributed by atoms with E-state index in [0.29, 0.717) is 31.2 Å². The van der Waals surface area contributed by atoms with E-state index in [-0.39, 0.29) is 17.8 Å². The van der Waals surface area contributed by atoms with E-state index >= 15 is 4.39 Å². The molecule has 0 bridgehead atoms. The van der Waals surface area contributed by atoms with Crippen molar-refractivity contribution in [3.63, 3.8) is 0 Å². The van der Waals surface area contributed by atoms with Crippen LogP contribution in [0.5, 0.6) is 0 Å². The zero-order valence-corrected chi connectivity index (χ0v) is 23.2. The number of hydrogen-bond donors (Lipinski definition) is 0. The molecular formula is C34H43F5. The number of hydrogen-bond acceptors (Lipinski definition) is 0. The van der Waals surface area contributed by atoms with Crippen LogP contribution in [-0.4, -0.2) is 6.18 Å². The van der Waals surface area contributed by atoms with Crippen molar-refractivity contribution < 1.29 is 22.0 Å². The molecule has 2 aromatic carbocycles. The molecule has 0 amide bonds. The summed E-state index contributed by atoms with van der Waals surface area (Å²) in [5.41, 5.74) is 3.69. The Morgan fingerprint density at radius 1 is 0.795 bits per heavy atom. The monoisotopic (exact) mass is 546 g/mol. The lowest BCUT2D eigenvalue weighted by Gasteiger charge is -2.28. The number of aryl methyl sites for hydroxylation is 1. The van der Waals surface area contributed by atoms with Gasteiger partial charge >= 0.3 is 6.18 Å². The first-order valence-corrected chi connectivity index (χ1v) is 15.1. The zero-order valence-electron chi connectivity index (χ0n) is 23.2. The van der Waals surface area contributed by atoms with Gasteiger partial charge in [-0.15, -0.1) is 0 Å². The summed E-state index contributed by atoms with van der Waals surface area (Å²) >= 11 is 0. The quantitative estimate of drug-likeness (QED) is 0.205. The average Bonchev–Trinajstić information content (AvgIpc) is 2.92. The predicted molar refractivity (Wildman–Crippen MR) is 150 cm³/mol. The number of benzene rings is 2. The fourth-order valence-corrected chi connectivity index (χ4v) is 6.72. The van der Waals surface area contributed by atoms with Crippen LogP contribution in [0.15, 0.2) is 54.4 Å². The first kappa shape index (κ1) is 29.8. The maximum absolute atomic E-state index is 15.1. The van der Waals surface area contributed by atoms with Gasteiger partial charge in [0.15, 0.2) is 0 Å². The molecule has 4 rings (SSSR count). The second kappa shape index (κ2) is 13.9. The summed E-state index contributed by atoms with van der Waals surface area (Å²) in [5, 5.41) is 0. The number of unbranched alkanes of at least 4 members (excludes halogenated alkanes) is 2. The maximum atomic E-state index is 15.1. The Morgan fingerprint density at radius 2 is 1.41 bits per heavy atom. The van der Waals surface area contributed by atoms with Crippen molar-refractivity contribution in [3.05, 3.63) is 71.3 Å². The molecule has 2 aliphatic carbocycles. The minimum absolute atomic E-state index is 0.0947. The van der Waals surface area contributed by atoms with Gasteiger partial charge in [0.05, 0.1) is 6.08 Å². The predicted octanol–water partition coefficient (Wildman–Crippen LogP) is 11.5. The molecule has 2 aliphatic rings. The summed E-state index contributed by atoms with van der Waals surface area (Å²) in [7, 11) is 0. The van der Waals surface area contributed by atoms with E-state index in [1.165, 1.54) is 63.4 Å². The van der Waals surface area contributed by atoms with Gasteiger partial charge in [0.1, 0.15) is 11.6 Å². The third kappa shape index (κ3) is 8.91. The molecule has 0 nitrogen and oxygen atoms in total. The second-order valence-electron chi connectivity index (χ2n) is 12.0. The minimum Gasteiger partial charge on any atom is -0.212 e. The summed E-state index contributed by atoms with van der Waals surface area (Å²) in [6.45, 7) is 2.27. The Balaban J connectivity index is 1.26. The Kier molecular flexibility index (Phi) is 10.7. The van der Waals surface area contributed by atoms with Crippen LogP contribution in [0.4, 0.5) is 22.0 Å². The van der Waals surface area contributed by atoms with Crippen molar-refractivity contribution in [2.45, 2.75) is 109 Å². The fourth-order valence-electron chi connectivity index (χ4n) is 6.72. The highest BCUT2D eigenvalue weighted by molar-refractivity contribution is 5.64. The normalized spacial score (nSPS) is 24.6. The summed E-state index contributed by atoms with van der Waals surface area (Å²) in [6, 6.07) is 13.7. The minimum atomic E-state index is -4.64. The highest BCUT2D eigenvalue weighted by Gasteiger charge is 2.31. The molecule has 0 heterocycles. The highest BCUT2D eigenvalue weighted by atomic mass is 19.4. The van der Waals surface area contributed by atoms with Gasteiger partial charge in [0.25, 0.3) is 0 Å². The molecular weight excluding hydrogens is 503 g/mol. The lowest BCUT2D eigenvalue weighted by atomic mass is 9.77. The number of allylic oxidation sites excluding steroid dienone is 2. The van der Waals surface area contributed by atoms with Gasteiger partial charge in [-0.05, 0) is 84.6 Å². The summed E-state index contributed by atoms with van der Waals surface area (Å²) < 4.78 is 66.4. The van der Waals surface area contributed by atoms with Gasteiger partial charge < -0.3 is 0 Å². The van der Waals surface area contributed by atoms with E-state index in [1.807, 2.05) is 6.07 Å². The lowest BCUT2D eigenvalue weighted by molar-refractivity contribution is -0.0820. The molecule has 0 spiro atoms. The molecule has 0 aromatic heterocycles. The van der Waals surface area contributed by atoms with Crippen LogP contribution in [-0.2, 0) is 6.42 Å². The molecule has 39 heavy (non-hydrogen) atoms. The van der Waals surface area contributed by atoms with Gasteiger partial charge in [-0.1, -0.05) is 94.7 Å². The van der Waals surface area contributed by atoms with Crippen LogP contribution in [0.2, 0.25) is 0 Å². The molecule has 0 atom stereocenters. The van der Waals surface area contributed by atoms with Gasteiger partial charge in [-0.3, -0.25) is 0 Å². The largest absolute Gasteiger partial charge is 0.412 e. The van der Waals surface area contributed by atoms with E-state index < -0.39 is 17.9 Å². The smallest absolute Gasteiger partial charge is 0.212 e. The van der Waals surface area contributed by atoms with Crippen LogP contribution in [0.25, 0.3) is 11.1 Å². The standard InChI is InChI=1S/C34H43F5/c1-2-3-4-5-24-6-8-25(9-7-24)10-11-26-12-14-27(15-13-26)30-20-21-31(32(35)22-30)28-16-18-29(19-17-28)33(36)23-34(37,38)39/h12-15,20-25,28-29H,2-11,16-19H2,1H3/b33-23-. The summed E-state index contributed by atoms with van der Waals surface area (Å²) in [5.74, 6) is -0.447. The van der Waals surface area contributed by atoms with E-state index in [1.54, 1.807) is 12.1 Å². The van der Waals surface area contributed by atoms with Crippen LogP contribution in [0.3, 0.4) is 0 Å². The Labute approximate surface area is 231 Å². The first-order valence-electron chi connectivity index (χ1n) is 15.1. The number of rotatable bonds is 10. The maximum Gasteiger partial charge on any atom is 0.412 e. The van der Waals surface area contributed by atoms with E-state index in [0.717, 1.165) is 29.4 Å². The van der Waals surface area contributed by atoms with Crippen LogP contribution in [0.1, 0.15) is 107 Å². The van der Waals surface area contributed by atoms with Crippen LogP contribution in [0, 0.1) is 23.6 Å². The molecule has 2 saturated carbocycles. The molecule has 0 radical (unpaired) electrons. The SMILES string of the molecule is CCCCCC1CCC(CCc2ccc(-c3ccc(C4CCC(/C(F)=C/C(F)(F)F)CC4)c(F)c3)cc2)CC1. The van der Waals surface area contributed by atoms with Crippen LogP contribution < -0.4 is 0 Å². The fraction of sp³-hybridized carbons (Fsp3) is 0.588. The van der Waals surface area contributed by atoms with Gasteiger partial charge in [0.2, 0.25) is 0 Å². The van der Waals surface area contributed by atoms with Crippen molar-refractivity contribution in [2.24, 2.45) is 17.8 Å². The number of halogens is 5. The van der Waals surface area contributed by atoms with E-state index in [4.69, 9.17) is 0 Å². The Hall–Kier alpha value is -2.17. The van der Waals surface area contributed by atoms with Crippen molar-refractivity contribution in [3.8, 4) is 11.1 Å². The van der Waals surface area contributed by atoms with Gasteiger partial charge in [0, 0.05) is 5.92 Å². The van der Waals surface area contributed by atoms with Crippen molar-refractivity contribution >= 4 is 0 Å². The lowest BCUT2D eigenvalue weighted by Crippen LogP contribution is -2.16. The number of alkyl halides is 3.